The number of sulfonamides is 1. The topological polar surface area (TPSA) is 106 Å². The van der Waals surface area contributed by atoms with E-state index in [0.29, 0.717) is 0 Å². The highest BCUT2D eigenvalue weighted by molar-refractivity contribution is 8.06. The number of sulfone groups is 1. The summed E-state index contributed by atoms with van der Waals surface area (Å²) in [4.78, 5) is 0. The Morgan fingerprint density at radius 3 is 2.12 bits per heavy atom. The first kappa shape index (κ1) is 14.9. The van der Waals surface area contributed by atoms with Crippen LogP contribution in [0.5, 0.6) is 0 Å². The van der Waals surface area contributed by atoms with Crippen molar-refractivity contribution in [1.29, 1.82) is 0 Å². The van der Waals surface area contributed by atoms with E-state index in [-0.39, 0.29) is 6.54 Å². The molecule has 0 radical (unpaired) electrons. The monoisotopic (exact) mass is 284 g/mol. The molecular weight excluding hydrogens is 264 g/mol. The molecule has 8 heteroatoms. The Kier molecular flexibility index (Phi) is 4.56. The summed E-state index contributed by atoms with van der Waals surface area (Å²) in [5.74, 6) is 0. The molecule has 0 heterocycles. The Bertz CT molecular complexity index is 449. The molecule has 0 aromatic carbocycles. The minimum atomic E-state index is -3.79. The van der Waals surface area contributed by atoms with Gasteiger partial charge in [-0.3, -0.25) is 0 Å². The van der Waals surface area contributed by atoms with Crippen LogP contribution in [0.25, 0.3) is 0 Å². The largest absolute Gasteiger partial charge is 0.324 e. The molecular formula is C9H20N2O4S2. The second-order valence-corrected chi connectivity index (χ2v) is 9.21. The van der Waals surface area contributed by atoms with Crippen LogP contribution in [0.15, 0.2) is 0 Å². The van der Waals surface area contributed by atoms with Gasteiger partial charge >= 0.3 is 0 Å². The molecule has 0 amide bonds. The van der Waals surface area contributed by atoms with Crippen LogP contribution in [0.3, 0.4) is 0 Å². The molecule has 3 N–H and O–H groups in total. The van der Waals surface area contributed by atoms with Gasteiger partial charge in [-0.2, -0.15) is 0 Å². The van der Waals surface area contributed by atoms with Crippen LogP contribution in [0.4, 0.5) is 0 Å². The molecule has 0 saturated heterocycles. The molecule has 0 atom stereocenters. The lowest BCUT2D eigenvalue weighted by Gasteiger charge is -2.33. The Balaban J connectivity index is 2.55. The number of rotatable bonds is 5. The van der Waals surface area contributed by atoms with Gasteiger partial charge in [-0.1, -0.05) is 19.3 Å². The van der Waals surface area contributed by atoms with Gasteiger partial charge in [-0.05, 0) is 12.8 Å². The maximum atomic E-state index is 11.5. The van der Waals surface area contributed by atoms with Crippen LogP contribution in [0.2, 0.25) is 0 Å². The minimum absolute atomic E-state index is 0.116. The standard InChI is InChI=1S/C9H20N2O4S2/c1-16(12,13)8-17(14,15)11-7-9(10)5-3-2-4-6-9/h11H,2-8,10H2,1H3. The van der Waals surface area contributed by atoms with Crippen LogP contribution in [0.1, 0.15) is 32.1 Å². The molecule has 0 spiro atoms. The highest BCUT2D eigenvalue weighted by Gasteiger charge is 2.29. The van der Waals surface area contributed by atoms with E-state index < -0.39 is 30.5 Å². The van der Waals surface area contributed by atoms with Gasteiger partial charge < -0.3 is 5.73 Å². The quantitative estimate of drug-likeness (QED) is 0.712. The summed E-state index contributed by atoms with van der Waals surface area (Å²) >= 11 is 0. The van der Waals surface area contributed by atoms with Crippen LogP contribution in [-0.2, 0) is 19.9 Å². The van der Waals surface area contributed by atoms with Crippen molar-refractivity contribution in [3.05, 3.63) is 0 Å². The fraction of sp³-hybridized carbons (Fsp3) is 1.00. The van der Waals surface area contributed by atoms with E-state index in [2.05, 4.69) is 4.72 Å². The average molecular weight is 284 g/mol. The zero-order valence-corrected chi connectivity index (χ0v) is 11.6. The second kappa shape index (κ2) is 5.21. The lowest BCUT2D eigenvalue weighted by atomic mass is 9.83. The number of nitrogens with two attached hydrogens (primary N) is 1. The maximum absolute atomic E-state index is 11.5. The molecule has 1 fully saturated rings. The molecule has 6 nitrogen and oxygen atoms in total. The summed E-state index contributed by atoms with van der Waals surface area (Å²) in [6.45, 7) is 0.116. The molecule has 1 saturated carbocycles. The molecule has 0 unspecified atom stereocenters. The first-order valence-corrected chi connectivity index (χ1v) is 9.27. The first-order valence-electron chi connectivity index (χ1n) is 5.56. The number of hydrogen-bond acceptors (Lipinski definition) is 5. The molecule has 0 aromatic rings. The summed E-state index contributed by atoms with van der Waals surface area (Å²) < 4.78 is 47.1. The van der Waals surface area contributed by atoms with Gasteiger partial charge in [0.2, 0.25) is 10.0 Å². The fourth-order valence-corrected chi connectivity index (χ4v) is 5.11. The van der Waals surface area contributed by atoms with E-state index in [0.717, 1.165) is 38.4 Å². The molecule has 0 aliphatic heterocycles. The fourth-order valence-electron chi connectivity index (χ4n) is 2.01. The van der Waals surface area contributed by atoms with Gasteiger partial charge in [-0.25, -0.2) is 21.6 Å². The lowest BCUT2D eigenvalue weighted by molar-refractivity contribution is 0.296. The van der Waals surface area contributed by atoms with E-state index >= 15 is 0 Å². The Morgan fingerprint density at radius 2 is 1.65 bits per heavy atom. The van der Waals surface area contributed by atoms with Crippen molar-refractivity contribution in [2.45, 2.75) is 37.6 Å². The highest BCUT2D eigenvalue weighted by atomic mass is 32.3. The van der Waals surface area contributed by atoms with Gasteiger partial charge in [0.15, 0.2) is 14.9 Å². The third-order valence-electron chi connectivity index (χ3n) is 2.86. The van der Waals surface area contributed by atoms with Crippen LogP contribution in [-0.4, -0.2) is 40.3 Å². The molecule has 102 valence electrons. The van der Waals surface area contributed by atoms with Gasteiger partial charge in [-0.15, -0.1) is 0 Å². The van der Waals surface area contributed by atoms with Crippen molar-refractivity contribution < 1.29 is 16.8 Å². The predicted octanol–water partition coefficient (Wildman–Crippen LogP) is -0.430. The van der Waals surface area contributed by atoms with Gasteiger partial charge in [0.1, 0.15) is 0 Å². The van der Waals surface area contributed by atoms with Crippen LogP contribution in [0, 0.1) is 0 Å². The number of hydrogen-bond donors (Lipinski definition) is 2. The average Bonchev–Trinajstić information content (AvgIpc) is 2.13. The zero-order valence-electron chi connectivity index (χ0n) is 9.98. The Labute approximate surface area is 103 Å². The van der Waals surface area contributed by atoms with Crippen LogP contribution < -0.4 is 10.5 Å². The predicted molar refractivity (Wildman–Crippen MR) is 66.6 cm³/mol. The summed E-state index contributed by atoms with van der Waals surface area (Å²) in [5, 5.41) is -0.879. The first-order chi connectivity index (χ1) is 7.62. The maximum Gasteiger partial charge on any atom is 0.226 e. The number of nitrogens with one attached hydrogen (secondary N) is 1. The van der Waals surface area contributed by atoms with Crippen molar-refractivity contribution in [2.24, 2.45) is 5.73 Å². The van der Waals surface area contributed by atoms with Gasteiger partial charge in [0, 0.05) is 18.3 Å². The van der Waals surface area contributed by atoms with Crippen molar-refractivity contribution in [1.82, 2.24) is 4.72 Å². The SMILES string of the molecule is CS(=O)(=O)CS(=O)(=O)NCC1(N)CCCCC1. The normalized spacial score (nSPS) is 21.3. The van der Waals surface area contributed by atoms with Crippen molar-refractivity contribution in [3.63, 3.8) is 0 Å². The van der Waals surface area contributed by atoms with Crippen LogP contribution >= 0.6 is 0 Å². The van der Waals surface area contributed by atoms with E-state index in [1.807, 2.05) is 0 Å². The Morgan fingerprint density at radius 1 is 1.12 bits per heavy atom. The lowest BCUT2D eigenvalue weighted by Crippen LogP contribution is -2.51. The smallest absolute Gasteiger partial charge is 0.226 e. The van der Waals surface area contributed by atoms with E-state index in [4.69, 9.17) is 5.73 Å². The van der Waals surface area contributed by atoms with Crippen molar-refractivity contribution in [2.75, 3.05) is 17.9 Å². The highest BCUT2D eigenvalue weighted by Crippen LogP contribution is 2.25. The minimum Gasteiger partial charge on any atom is -0.324 e. The van der Waals surface area contributed by atoms with Gasteiger partial charge in [0.05, 0.1) is 0 Å². The van der Waals surface area contributed by atoms with E-state index in [9.17, 15) is 16.8 Å². The molecule has 1 rings (SSSR count). The second-order valence-electron chi connectivity index (χ2n) is 4.90. The summed E-state index contributed by atoms with van der Waals surface area (Å²) in [6.07, 6.45) is 5.54. The van der Waals surface area contributed by atoms with Crippen molar-refractivity contribution in [3.8, 4) is 0 Å². The molecule has 17 heavy (non-hydrogen) atoms. The molecule has 1 aliphatic carbocycles. The molecule has 1 aliphatic rings. The summed E-state index contributed by atoms with van der Waals surface area (Å²) in [7, 11) is -7.34. The van der Waals surface area contributed by atoms with E-state index in [1.165, 1.54) is 0 Å². The van der Waals surface area contributed by atoms with Gasteiger partial charge in [0.25, 0.3) is 0 Å². The Hall–Kier alpha value is -0.180. The van der Waals surface area contributed by atoms with Crippen molar-refractivity contribution >= 4 is 19.9 Å². The molecule has 0 aromatic heterocycles. The summed E-state index contributed by atoms with van der Waals surface area (Å²) in [5.41, 5.74) is 5.53. The summed E-state index contributed by atoms with van der Waals surface area (Å²) in [6, 6.07) is 0. The zero-order chi connectivity index (χ0) is 13.2. The molecule has 0 bridgehead atoms. The third kappa shape index (κ3) is 5.80. The van der Waals surface area contributed by atoms with E-state index in [1.54, 1.807) is 0 Å². The third-order valence-corrected chi connectivity index (χ3v) is 6.40.